The Labute approximate surface area is 114 Å². The second kappa shape index (κ2) is 8.07. The van der Waals surface area contributed by atoms with E-state index in [2.05, 4.69) is 36.3 Å². The van der Waals surface area contributed by atoms with E-state index in [-0.39, 0.29) is 19.1 Å². The molecule has 0 fully saturated rings. The van der Waals surface area contributed by atoms with Crippen LogP contribution in [0.2, 0.25) is 0 Å². The molecule has 100 valence electrons. The van der Waals surface area contributed by atoms with Crippen LogP contribution < -0.4 is 10.2 Å². The molecule has 0 saturated heterocycles. The highest BCUT2D eigenvalue weighted by molar-refractivity contribution is 5.49. The van der Waals surface area contributed by atoms with Crippen molar-refractivity contribution in [2.45, 2.75) is 26.3 Å². The summed E-state index contributed by atoms with van der Waals surface area (Å²) >= 11 is 0. The fourth-order valence-electron chi connectivity index (χ4n) is 1.86. The summed E-state index contributed by atoms with van der Waals surface area (Å²) in [5.74, 6) is 0.710. The number of aromatic nitrogens is 1. The van der Waals surface area contributed by atoms with E-state index in [0.29, 0.717) is 5.82 Å². The first-order valence-electron chi connectivity index (χ1n) is 6.41. The average molecular weight is 257 g/mol. The summed E-state index contributed by atoms with van der Waals surface area (Å²) in [6, 6.07) is 8.15. The molecule has 0 aromatic carbocycles. The van der Waals surface area contributed by atoms with Crippen LogP contribution in [0.4, 0.5) is 5.82 Å². The number of hydrogen-bond donors (Lipinski definition) is 1. The van der Waals surface area contributed by atoms with Crippen LogP contribution in [0.25, 0.3) is 0 Å². The van der Waals surface area contributed by atoms with Crippen molar-refractivity contribution in [3.63, 3.8) is 0 Å². The Hall–Kier alpha value is -2.11. The van der Waals surface area contributed by atoms with Crippen molar-refractivity contribution in [3.8, 4) is 12.1 Å². The van der Waals surface area contributed by atoms with Crippen molar-refractivity contribution in [3.05, 3.63) is 23.9 Å². The molecule has 1 unspecified atom stereocenters. The van der Waals surface area contributed by atoms with Crippen molar-refractivity contribution in [1.82, 2.24) is 10.3 Å². The van der Waals surface area contributed by atoms with Gasteiger partial charge in [0.05, 0.1) is 12.1 Å². The topological polar surface area (TPSA) is 75.7 Å². The molecule has 1 N–H and O–H groups in total. The first-order valence-corrected chi connectivity index (χ1v) is 6.41. The molecule has 0 aliphatic rings. The summed E-state index contributed by atoms with van der Waals surface area (Å²) in [7, 11) is 0. The number of pyridine rings is 1. The zero-order valence-electron chi connectivity index (χ0n) is 11.4. The molecular formula is C14H19N5. The lowest BCUT2D eigenvalue weighted by atomic mass is 10.1. The van der Waals surface area contributed by atoms with Crippen LogP contribution in [0.3, 0.4) is 0 Å². The quantitative estimate of drug-likeness (QED) is 0.756. The first kappa shape index (κ1) is 14.9. The number of nitrogens with one attached hydrogen (secondary N) is 1. The van der Waals surface area contributed by atoms with Crippen LogP contribution in [0.5, 0.6) is 0 Å². The molecule has 1 aromatic rings. The minimum atomic E-state index is 0.142. The second-order valence-corrected chi connectivity index (χ2v) is 4.26. The third-order valence-electron chi connectivity index (χ3n) is 2.81. The lowest BCUT2D eigenvalue weighted by Crippen LogP contribution is -2.28. The Morgan fingerprint density at radius 1 is 1.37 bits per heavy atom. The molecule has 0 aliphatic carbocycles. The molecular weight excluding hydrogens is 238 g/mol. The third-order valence-corrected chi connectivity index (χ3v) is 2.81. The smallest absolute Gasteiger partial charge is 0.135 e. The van der Waals surface area contributed by atoms with Crippen molar-refractivity contribution < 1.29 is 0 Å². The Bertz CT molecular complexity index is 455. The van der Waals surface area contributed by atoms with Gasteiger partial charge in [-0.3, -0.25) is 0 Å². The third kappa shape index (κ3) is 4.24. The van der Waals surface area contributed by atoms with E-state index in [1.807, 2.05) is 12.1 Å². The van der Waals surface area contributed by atoms with E-state index in [9.17, 15) is 0 Å². The predicted molar refractivity (Wildman–Crippen MR) is 74.4 cm³/mol. The van der Waals surface area contributed by atoms with Crippen LogP contribution >= 0.6 is 0 Å². The summed E-state index contributed by atoms with van der Waals surface area (Å²) in [4.78, 5) is 6.02. The van der Waals surface area contributed by atoms with Crippen molar-refractivity contribution in [2.75, 3.05) is 24.5 Å². The molecule has 0 bridgehead atoms. The molecule has 1 aromatic heterocycles. The van der Waals surface area contributed by atoms with Gasteiger partial charge in [0, 0.05) is 17.8 Å². The summed E-state index contributed by atoms with van der Waals surface area (Å²) in [5, 5.41) is 21.1. The maximum atomic E-state index is 8.85. The molecule has 1 rings (SSSR count). The van der Waals surface area contributed by atoms with E-state index < -0.39 is 0 Å². The molecule has 0 radical (unpaired) electrons. The van der Waals surface area contributed by atoms with Crippen molar-refractivity contribution in [2.24, 2.45) is 0 Å². The molecule has 1 heterocycles. The first-order chi connectivity index (χ1) is 9.24. The zero-order valence-corrected chi connectivity index (χ0v) is 11.4. The van der Waals surface area contributed by atoms with Gasteiger partial charge in [-0.2, -0.15) is 10.5 Å². The number of anilines is 1. The molecule has 5 heteroatoms. The number of hydrogen-bond acceptors (Lipinski definition) is 5. The normalized spacial score (nSPS) is 11.4. The monoisotopic (exact) mass is 257 g/mol. The van der Waals surface area contributed by atoms with Gasteiger partial charge >= 0.3 is 0 Å². The van der Waals surface area contributed by atoms with Gasteiger partial charge in [-0.1, -0.05) is 13.0 Å². The van der Waals surface area contributed by atoms with Gasteiger partial charge in [0.15, 0.2) is 0 Å². The molecule has 0 saturated carbocycles. The standard InChI is InChI=1S/C14H19N5/c1-3-8-17-12(2)13-5-4-9-18-14(13)19(10-6-15)11-7-16/h4-5,9,12,17H,3,8,10-11H2,1-2H3. The van der Waals surface area contributed by atoms with E-state index >= 15 is 0 Å². The largest absolute Gasteiger partial charge is 0.330 e. The molecule has 1 atom stereocenters. The molecule has 0 spiro atoms. The fraction of sp³-hybridized carbons (Fsp3) is 0.500. The molecule has 0 amide bonds. The van der Waals surface area contributed by atoms with Gasteiger partial charge in [0.25, 0.3) is 0 Å². The Morgan fingerprint density at radius 2 is 2.05 bits per heavy atom. The SMILES string of the molecule is CCCNC(C)c1cccnc1N(CC#N)CC#N. The van der Waals surface area contributed by atoms with E-state index in [0.717, 1.165) is 18.5 Å². The Morgan fingerprint density at radius 3 is 2.63 bits per heavy atom. The highest BCUT2D eigenvalue weighted by Gasteiger charge is 2.16. The van der Waals surface area contributed by atoms with Crippen molar-refractivity contribution >= 4 is 5.82 Å². The van der Waals surface area contributed by atoms with Gasteiger partial charge in [0.1, 0.15) is 18.9 Å². The molecule has 0 aliphatic heterocycles. The van der Waals surface area contributed by atoms with Crippen LogP contribution in [-0.2, 0) is 0 Å². The van der Waals surface area contributed by atoms with Gasteiger partial charge in [-0.25, -0.2) is 4.98 Å². The average Bonchev–Trinajstić information content (AvgIpc) is 2.44. The summed E-state index contributed by atoms with van der Waals surface area (Å²) in [6.45, 7) is 5.43. The lowest BCUT2D eigenvalue weighted by molar-refractivity contribution is 0.568. The summed E-state index contributed by atoms with van der Waals surface area (Å²) < 4.78 is 0. The van der Waals surface area contributed by atoms with Crippen LogP contribution in [0.15, 0.2) is 18.3 Å². The zero-order chi connectivity index (χ0) is 14.1. The van der Waals surface area contributed by atoms with Gasteiger partial charge in [-0.15, -0.1) is 0 Å². The van der Waals surface area contributed by atoms with Crippen LogP contribution in [0.1, 0.15) is 31.9 Å². The van der Waals surface area contributed by atoms with E-state index in [1.165, 1.54) is 0 Å². The number of nitrogens with zero attached hydrogens (tertiary/aromatic N) is 4. The van der Waals surface area contributed by atoms with Gasteiger partial charge in [-0.05, 0) is 26.0 Å². The number of rotatable bonds is 7. The molecule has 19 heavy (non-hydrogen) atoms. The summed E-state index contributed by atoms with van der Waals surface area (Å²) in [5.41, 5.74) is 1.02. The van der Waals surface area contributed by atoms with Gasteiger partial charge in [0.2, 0.25) is 0 Å². The highest BCUT2D eigenvalue weighted by atomic mass is 15.2. The minimum Gasteiger partial charge on any atom is -0.330 e. The van der Waals surface area contributed by atoms with Gasteiger partial charge < -0.3 is 10.2 Å². The minimum absolute atomic E-state index is 0.142. The van der Waals surface area contributed by atoms with Crippen LogP contribution in [0, 0.1) is 22.7 Å². The second-order valence-electron chi connectivity index (χ2n) is 4.26. The predicted octanol–water partition coefficient (Wildman–Crippen LogP) is 2.00. The van der Waals surface area contributed by atoms with Crippen molar-refractivity contribution in [1.29, 1.82) is 10.5 Å². The highest BCUT2D eigenvalue weighted by Crippen LogP contribution is 2.23. The lowest BCUT2D eigenvalue weighted by Gasteiger charge is -2.23. The Balaban J connectivity index is 2.99. The number of nitriles is 2. The summed E-state index contributed by atoms with van der Waals surface area (Å²) in [6.07, 6.45) is 2.74. The molecule has 5 nitrogen and oxygen atoms in total. The van der Waals surface area contributed by atoms with Crippen LogP contribution in [-0.4, -0.2) is 24.6 Å². The Kier molecular flexibility index (Phi) is 6.35. The fourth-order valence-corrected chi connectivity index (χ4v) is 1.86. The van der Waals surface area contributed by atoms with E-state index in [1.54, 1.807) is 11.1 Å². The maximum Gasteiger partial charge on any atom is 0.135 e. The maximum absolute atomic E-state index is 8.85. The van der Waals surface area contributed by atoms with E-state index in [4.69, 9.17) is 10.5 Å².